The monoisotopic (exact) mass is 588 g/mol. The fourth-order valence-electron chi connectivity index (χ4n) is 6.11. The van der Waals surface area contributed by atoms with Gasteiger partial charge in [-0.05, 0) is 49.9 Å². The summed E-state index contributed by atoms with van der Waals surface area (Å²) in [6.07, 6.45) is 7.86. The number of aliphatic carboxylic acids is 1. The number of benzene rings is 2. The third-order valence-corrected chi connectivity index (χ3v) is 8.57. The maximum Gasteiger partial charge on any atom is 0.394 e. The van der Waals surface area contributed by atoms with E-state index in [4.69, 9.17) is 13.9 Å². The van der Waals surface area contributed by atoms with Gasteiger partial charge in [-0.3, -0.25) is 9.59 Å². The van der Waals surface area contributed by atoms with Crippen molar-refractivity contribution in [2.24, 2.45) is 5.92 Å². The van der Waals surface area contributed by atoms with Crippen molar-refractivity contribution in [3.8, 4) is 11.8 Å². The number of methoxy groups -OCH3 is 1. The first kappa shape index (κ1) is 28.6. The molecule has 43 heavy (non-hydrogen) atoms. The molecule has 11 nitrogen and oxygen atoms in total. The number of carboxylic acids is 1. The van der Waals surface area contributed by atoms with Crippen LogP contribution in [0.5, 0.6) is 11.8 Å². The lowest BCUT2D eigenvalue weighted by Gasteiger charge is -2.30. The molecule has 2 aromatic carbocycles. The van der Waals surface area contributed by atoms with Gasteiger partial charge in [0.2, 0.25) is 11.8 Å². The second-order valence-corrected chi connectivity index (χ2v) is 11.5. The van der Waals surface area contributed by atoms with Crippen LogP contribution in [0.4, 0.5) is 5.69 Å². The zero-order valence-electron chi connectivity index (χ0n) is 24.0. The number of carbonyl (C=O) groups is 3. The zero-order valence-corrected chi connectivity index (χ0v) is 24.0. The van der Waals surface area contributed by atoms with Crippen molar-refractivity contribution in [2.75, 3.05) is 19.0 Å². The zero-order chi connectivity index (χ0) is 30.0. The molecule has 0 unspecified atom stereocenters. The van der Waals surface area contributed by atoms with Crippen LogP contribution in [0.25, 0.3) is 11.1 Å². The number of aromatic nitrogens is 1. The van der Waals surface area contributed by atoms with E-state index in [0.29, 0.717) is 29.7 Å². The Morgan fingerprint density at radius 3 is 2.84 bits per heavy atom. The molecule has 1 aliphatic carbocycles. The molecule has 11 heteroatoms. The third-order valence-electron chi connectivity index (χ3n) is 8.57. The number of hydrogen-bond acceptors (Lipinski definition) is 8. The van der Waals surface area contributed by atoms with Gasteiger partial charge in [-0.1, -0.05) is 43.2 Å². The van der Waals surface area contributed by atoms with Crippen LogP contribution in [0.3, 0.4) is 0 Å². The Bertz CT molecular complexity index is 1500. The van der Waals surface area contributed by atoms with Crippen molar-refractivity contribution in [2.45, 2.75) is 68.7 Å². The Morgan fingerprint density at radius 2 is 2.02 bits per heavy atom. The number of nitrogens with one attached hydrogen (secondary N) is 2. The van der Waals surface area contributed by atoms with E-state index in [1.54, 1.807) is 13.2 Å². The van der Waals surface area contributed by atoms with E-state index in [2.05, 4.69) is 15.6 Å². The van der Waals surface area contributed by atoms with Crippen LogP contribution in [-0.2, 0) is 14.4 Å². The van der Waals surface area contributed by atoms with E-state index in [1.807, 2.05) is 54.6 Å². The Morgan fingerprint density at radius 1 is 1.16 bits per heavy atom. The van der Waals surface area contributed by atoms with Gasteiger partial charge in [0.15, 0.2) is 5.58 Å². The van der Waals surface area contributed by atoms with E-state index in [-0.39, 0.29) is 30.9 Å². The van der Waals surface area contributed by atoms with E-state index in [9.17, 15) is 19.5 Å². The molecule has 3 N–H and O–H groups in total. The number of oxazole rings is 1. The van der Waals surface area contributed by atoms with Crippen LogP contribution in [0.15, 0.2) is 65.1 Å². The fourth-order valence-corrected chi connectivity index (χ4v) is 6.11. The predicted molar refractivity (Wildman–Crippen MR) is 158 cm³/mol. The van der Waals surface area contributed by atoms with Crippen molar-refractivity contribution < 1.29 is 33.4 Å². The van der Waals surface area contributed by atoms with Crippen molar-refractivity contribution in [1.29, 1.82) is 0 Å². The van der Waals surface area contributed by atoms with Crippen LogP contribution < -0.4 is 20.1 Å². The van der Waals surface area contributed by atoms with Gasteiger partial charge in [0.05, 0.1) is 13.7 Å². The molecule has 0 spiro atoms. The number of amides is 2. The van der Waals surface area contributed by atoms with Crippen LogP contribution in [0.1, 0.15) is 44.9 Å². The highest BCUT2D eigenvalue weighted by Gasteiger charge is 2.61. The number of anilines is 1. The highest BCUT2D eigenvalue weighted by Crippen LogP contribution is 2.45. The topological polar surface area (TPSA) is 143 Å². The number of para-hydroxylation sites is 2. The lowest BCUT2D eigenvalue weighted by atomic mass is 10.0. The summed E-state index contributed by atoms with van der Waals surface area (Å²) in [5, 5.41) is 16.2. The summed E-state index contributed by atoms with van der Waals surface area (Å²) in [5.41, 5.74) is 0.555. The minimum absolute atomic E-state index is 0.0576. The van der Waals surface area contributed by atoms with Gasteiger partial charge < -0.3 is 34.5 Å². The normalized spacial score (nSPS) is 28.5. The molecule has 3 heterocycles. The summed E-state index contributed by atoms with van der Waals surface area (Å²) < 4.78 is 17.2. The summed E-state index contributed by atoms with van der Waals surface area (Å²) in [6, 6.07) is 13.1. The Labute approximate surface area is 249 Å². The molecule has 5 atom stereocenters. The summed E-state index contributed by atoms with van der Waals surface area (Å²) >= 11 is 0. The molecule has 2 fully saturated rings. The summed E-state index contributed by atoms with van der Waals surface area (Å²) in [5.74, 6) is -1.47. The number of rotatable bonds is 6. The molecule has 226 valence electrons. The Kier molecular flexibility index (Phi) is 7.96. The largest absolute Gasteiger partial charge is 0.497 e. The molecule has 1 saturated heterocycles. The second-order valence-electron chi connectivity index (χ2n) is 11.5. The van der Waals surface area contributed by atoms with Crippen LogP contribution in [-0.4, -0.2) is 70.2 Å². The van der Waals surface area contributed by atoms with Crippen molar-refractivity contribution in [3.05, 3.63) is 60.7 Å². The number of allylic oxidation sites excluding steroid dienone is 1. The second kappa shape index (κ2) is 12.0. The first-order valence-corrected chi connectivity index (χ1v) is 14.8. The number of carboxylic acid groups (broad SMARTS) is 1. The Hall–Kier alpha value is -4.54. The van der Waals surface area contributed by atoms with Crippen LogP contribution in [0.2, 0.25) is 0 Å². The first-order valence-electron chi connectivity index (χ1n) is 14.8. The van der Waals surface area contributed by atoms with E-state index < -0.39 is 35.6 Å². The van der Waals surface area contributed by atoms with Gasteiger partial charge in [-0.15, -0.1) is 0 Å². The highest BCUT2D eigenvalue weighted by atomic mass is 16.6. The molecule has 6 rings (SSSR count). The van der Waals surface area contributed by atoms with Crippen molar-refractivity contribution >= 4 is 34.6 Å². The quantitative estimate of drug-likeness (QED) is 0.362. The van der Waals surface area contributed by atoms with Crippen LogP contribution in [0, 0.1) is 5.92 Å². The standard InChI is InChI=1S/C32H36N4O7/c1-41-22-12-9-11-21(16-22)33-25-14-6-4-2-3-5-10-20-18-32(20,30(39)40)35-28(37)26-17-23(19-36(26)29(25)38)42-31-34-24-13-7-8-15-27(24)43-31/h5,7-13,15-16,20,23,25-26,33H,2-4,6,14,17-19H2,1H3,(H,35,37)(H,39,40)/b10-5-/t20-,23+,25-,26-,32+/m0/s1. The number of hydrogen-bond donors (Lipinski definition) is 3. The highest BCUT2D eigenvalue weighted by molar-refractivity contribution is 5.96. The molecule has 1 saturated carbocycles. The molecular formula is C32H36N4O7. The smallest absolute Gasteiger partial charge is 0.394 e. The minimum atomic E-state index is -1.38. The molecule has 0 radical (unpaired) electrons. The number of carbonyl (C=O) groups excluding carboxylic acids is 2. The molecule has 2 amide bonds. The molecule has 3 aromatic rings. The van der Waals surface area contributed by atoms with E-state index in [0.717, 1.165) is 31.4 Å². The SMILES string of the molecule is COc1cccc(N[C@H]2CCCCC/C=C\[C@H]3C[C@@]3(C(=O)O)NC(=O)[C@@H]3C[C@@H](Oc4nc5ccccc5o4)CN3C2=O)c1. The maximum atomic E-state index is 14.2. The maximum absolute atomic E-state index is 14.2. The van der Waals surface area contributed by atoms with Gasteiger partial charge in [-0.25, -0.2) is 4.79 Å². The van der Waals surface area contributed by atoms with Crippen molar-refractivity contribution in [3.63, 3.8) is 0 Å². The average Bonchev–Trinajstić information content (AvgIpc) is 3.32. The van der Waals surface area contributed by atoms with Gasteiger partial charge in [0, 0.05) is 24.1 Å². The van der Waals surface area contributed by atoms with Crippen molar-refractivity contribution in [1.82, 2.24) is 15.2 Å². The van der Waals surface area contributed by atoms with Gasteiger partial charge in [0.1, 0.15) is 35.0 Å². The number of fused-ring (bicyclic) bond motifs is 3. The summed E-state index contributed by atoms with van der Waals surface area (Å²) in [4.78, 5) is 46.3. The first-order chi connectivity index (χ1) is 20.9. The van der Waals surface area contributed by atoms with E-state index >= 15 is 0 Å². The molecular weight excluding hydrogens is 552 g/mol. The molecule has 2 aliphatic heterocycles. The van der Waals surface area contributed by atoms with E-state index in [1.165, 1.54) is 4.90 Å². The fraction of sp³-hybridized carbons (Fsp3) is 0.438. The number of nitrogens with zero attached hydrogens (tertiary/aromatic N) is 2. The summed E-state index contributed by atoms with van der Waals surface area (Å²) in [6.45, 7) is 0.120. The molecule has 1 aromatic heterocycles. The molecule has 3 aliphatic rings. The predicted octanol–water partition coefficient (Wildman–Crippen LogP) is 4.15. The van der Waals surface area contributed by atoms with Gasteiger partial charge in [0.25, 0.3) is 0 Å². The number of ether oxygens (including phenoxy) is 2. The Balaban J connectivity index is 1.29. The van der Waals surface area contributed by atoms with Gasteiger partial charge in [-0.2, -0.15) is 4.98 Å². The average molecular weight is 589 g/mol. The van der Waals surface area contributed by atoms with Gasteiger partial charge >= 0.3 is 12.0 Å². The molecule has 0 bridgehead atoms. The third kappa shape index (κ3) is 6.02. The lowest BCUT2D eigenvalue weighted by Crippen LogP contribution is -2.55. The lowest BCUT2D eigenvalue weighted by molar-refractivity contribution is -0.145. The summed E-state index contributed by atoms with van der Waals surface area (Å²) in [7, 11) is 1.58. The van der Waals surface area contributed by atoms with Crippen LogP contribution >= 0.6 is 0 Å². The minimum Gasteiger partial charge on any atom is -0.497 e.